The zero-order valence-electron chi connectivity index (χ0n) is 17.5. The highest BCUT2D eigenvalue weighted by Crippen LogP contribution is 2.33. The summed E-state index contributed by atoms with van der Waals surface area (Å²) in [6, 6.07) is 2.01. The molecule has 0 aromatic heterocycles. The number of likely N-dealkylation sites (tertiary alicyclic amines) is 2. The van der Waals surface area contributed by atoms with Crippen molar-refractivity contribution in [2.24, 2.45) is 5.92 Å². The lowest BCUT2D eigenvalue weighted by Crippen LogP contribution is -2.53. The Morgan fingerprint density at radius 3 is 2.52 bits per heavy atom. The highest BCUT2D eigenvalue weighted by Gasteiger charge is 2.48. The lowest BCUT2D eigenvalue weighted by Gasteiger charge is -2.38. The molecule has 1 aromatic carbocycles. The summed E-state index contributed by atoms with van der Waals surface area (Å²) in [4.78, 5) is 15.7. The lowest BCUT2D eigenvalue weighted by molar-refractivity contribution is -0.184. The highest BCUT2D eigenvalue weighted by molar-refractivity contribution is 6.30. The Morgan fingerprint density at radius 2 is 1.90 bits per heavy atom. The van der Waals surface area contributed by atoms with Crippen molar-refractivity contribution in [3.05, 3.63) is 41.2 Å². The van der Waals surface area contributed by atoms with E-state index in [0.717, 1.165) is 17.7 Å². The van der Waals surface area contributed by atoms with Gasteiger partial charge in [0, 0.05) is 29.4 Å². The second-order valence-electron chi connectivity index (χ2n) is 8.40. The van der Waals surface area contributed by atoms with Crippen LogP contribution in [0.3, 0.4) is 0 Å². The molecule has 9 heteroatoms. The Morgan fingerprint density at radius 1 is 1.23 bits per heavy atom. The van der Waals surface area contributed by atoms with Gasteiger partial charge in [-0.25, -0.2) is 4.39 Å². The third-order valence-corrected chi connectivity index (χ3v) is 6.50. The van der Waals surface area contributed by atoms with E-state index in [4.69, 9.17) is 11.6 Å². The predicted octanol–water partition coefficient (Wildman–Crippen LogP) is 4.69. The number of carbonyl (C=O) groups is 1. The number of hydrogen-bond donors (Lipinski definition) is 1. The van der Waals surface area contributed by atoms with Crippen molar-refractivity contribution in [1.82, 2.24) is 15.1 Å². The molecule has 1 aromatic rings. The van der Waals surface area contributed by atoms with Gasteiger partial charge in [0.2, 0.25) is 5.91 Å². The van der Waals surface area contributed by atoms with Gasteiger partial charge in [0.05, 0.1) is 6.04 Å². The van der Waals surface area contributed by atoms with Crippen LogP contribution in [0.25, 0.3) is 5.70 Å². The number of benzene rings is 1. The molecular formula is C22H28ClF4N3O. The summed E-state index contributed by atoms with van der Waals surface area (Å²) in [6.07, 6.45) is -2.39. The minimum absolute atomic E-state index is 0.0177. The number of rotatable bonds is 6. The maximum absolute atomic E-state index is 13.5. The molecule has 0 spiro atoms. The Kier molecular flexibility index (Phi) is 7.52. The first kappa shape index (κ1) is 23.9. The number of alkyl halides is 3. The predicted molar refractivity (Wildman–Crippen MR) is 113 cm³/mol. The maximum Gasteiger partial charge on any atom is 0.408 e. The first-order chi connectivity index (χ1) is 14.6. The molecule has 172 valence electrons. The third-order valence-electron chi connectivity index (χ3n) is 6.28. The average molecular weight is 462 g/mol. The van der Waals surface area contributed by atoms with Gasteiger partial charge in [-0.1, -0.05) is 18.2 Å². The SMILES string of the molecule is C=C(NCC1CCN(C(C)C(=O)N2CCC[C@H]2C(F)(F)F)CC1)c1cc(F)cc(Cl)c1. The Labute approximate surface area is 185 Å². The minimum atomic E-state index is -4.38. The quantitative estimate of drug-likeness (QED) is 0.624. The maximum atomic E-state index is 13.5. The summed E-state index contributed by atoms with van der Waals surface area (Å²) < 4.78 is 53.1. The number of halogens is 5. The van der Waals surface area contributed by atoms with E-state index in [-0.39, 0.29) is 13.0 Å². The molecule has 1 N–H and O–H groups in total. The molecule has 4 nitrogen and oxygen atoms in total. The minimum Gasteiger partial charge on any atom is -0.385 e. The number of nitrogens with one attached hydrogen (secondary N) is 1. The van der Waals surface area contributed by atoms with Crippen LogP contribution in [-0.2, 0) is 4.79 Å². The molecule has 2 saturated heterocycles. The van der Waals surface area contributed by atoms with Crippen LogP contribution >= 0.6 is 11.6 Å². The van der Waals surface area contributed by atoms with E-state index in [9.17, 15) is 22.4 Å². The van der Waals surface area contributed by atoms with Crippen molar-refractivity contribution in [3.8, 4) is 0 Å². The normalized spacial score (nSPS) is 21.9. The number of amides is 1. The second kappa shape index (κ2) is 9.77. The number of piperidine rings is 1. The van der Waals surface area contributed by atoms with E-state index >= 15 is 0 Å². The van der Waals surface area contributed by atoms with Gasteiger partial charge in [-0.2, -0.15) is 13.2 Å². The Balaban J connectivity index is 1.48. The summed E-state index contributed by atoms with van der Waals surface area (Å²) in [7, 11) is 0. The summed E-state index contributed by atoms with van der Waals surface area (Å²) in [5, 5.41) is 3.52. The molecule has 0 saturated carbocycles. The first-order valence-corrected chi connectivity index (χ1v) is 10.9. The zero-order chi connectivity index (χ0) is 22.8. The second-order valence-corrected chi connectivity index (χ2v) is 8.84. The fraction of sp³-hybridized carbons (Fsp3) is 0.591. The summed E-state index contributed by atoms with van der Waals surface area (Å²) >= 11 is 5.89. The van der Waals surface area contributed by atoms with Gasteiger partial charge in [-0.15, -0.1) is 0 Å². The van der Waals surface area contributed by atoms with Crippen LogP contribution in [0, 0.1) is 11.7 Å². The molecule has 3 rings (SSSR count). The van der Waals surface area contributed by atoms with Gasteiger partial charge in [0.15, 0.2) is 0 Å². The standard InChI is InChI=1S/C22H28ClF4N3O/c1-14(17-10-18(23)12-19(24)11-17)28-13-16-5-8-29(9-6-16)15(2)21(31)30-7-3-4-20(30)22(25,26)27/h10-12,15-16,20,28H,1,3-9,13H2,2H3/t15?,20-/m0/s1. The molecule has 0 radical (unpaired) electrons. The fourth-order valence-electron chi connectivity index (χ4n) is 4.41. The average Bonchev–Trinajstić information content (AvgIpc) is 3.21. The van der Waals surface area contributed by atoms with Gasteiger partial charge in [0.25, 0.3) is 0 Å². The van der Waals surface area contributed by atoms with Crippen molar-refractivity contribution >= 4 is 23.2 Å². The van der Waals surface area contributed by atoms with Gasteiger partial charge in [-0.05, 0) is 69.8 Å². The van der Waals surface area contributed by atoms with E-state index in [1.54, 1.807) is 13.0 Å². The largest absolute Gasteiger partial charge is 0.408 e. The fourth-order valence-corrected chi connectivity index (χ4v) is 4.63. The van der Waals surface area contributed by atoms with Crippen LogP contribution in [0.5, 0.6) is 0 Å². The monoisotopic (exact) mass is 461 g/mol. The van der Waals surface area contributed by atoms with Crippen molar-refractivity contribution in [1.29, 1.82) is 0 Å². The topological polar surface area (TPSA) is 35.6 Å². The van der Waals surface area contributed by atoms with Gasteiger partial charge in [0.1, 0.15) is 11.9 Å². The summed E-state index contributed by atoms with van der Waals surface area (Å²) in [5.74, 6) is -0.537. The van der Waals surface area contributed by atoms with Crippen LogP contribution in [0.1, 0.15) is 38.2 Å². The smallest absolute Gasteiger partial charge is 0.385 e. The van der Waals surface area contributed by atoms with E-state index in [1.807, 2.05) is 4.90 Å². The Bertz CT molecular complexity index is 788. The van der Waals surface area contributed by atoms with E-state index in [0.29, 0.717) is 48.3 Å². The van der Waals surface area contributed by atoms with E-state index in [2.05, 4.69) is 11.9 Å². The molecular weight excluding hydrogens is 434 g/mol. The van der Waals surface area contributed by atoms with Crippen LogP contribution in [0.2, 0.25) is 5.02 Å². The lowest BCUT2D eigenvalue weighted by atomic mass is 9.95. The van der Waals surface area contributed by atoms with Crippen LogP contribution in [0.15, 0.2) is 24.8 Å². The molecule has 1 unspecified atom stereocenters. The summed E-state index contributed by atoms with van der Waals surface area (Å²) in [5.41, 5.74) is 1.17. The first-order valence-electron chi connectivity index (χ1n) is 10.6. The highest BCUT2D eigenvalue weighted by atomic mass is 35.5. The number of carbonyl (C=O) groups excluding carboxylic acids is 1. The molecule has 2 atom stereocenters. The van der Waals surface area contributed by atoms with E-state index < -0.39 is 30.0 Å². The van der Waals surface area contributed by atoms with Crippen molar-refractivity contribution < 1.29 is 22.4 Å². The van der Waals surface area contributed by atoms with Gasteiger partial charge < -0.3 is 10.2 Å². The molecule has 2 fully saturated rings. The molecule has 2 aliphatic rings. The molecule has 0 bridgehead atoms. The van der Waals surface area contributed by atoms with E-state index in [1.165, 1.54) is 12.1 Å². The molecule has 1 amide bonds. The molecule has 2 aliphatic heterocycles. The van der Waals surface area contributed by atoms with Gasteiger partial charge in [-0.3, -0.25) is 9.69 Å². The third kappa shape index (κ3) is 5.92. The van der Waals surface area contributed by atoms with Crippen LogP contribution < -0.4 is 5.32 Å². The molecule has 31 heavy (non-hydrogen) atoms. The van der Waals surface area contributed by atoms with Crippen LogP contribution in [-0.4, -0.2) is 60.1 Å². The van der Waals surface area contributed by atoms with Crippen LogP contribution in [0.4, 0.5) is 17.6 Å². The zero-order valence-corrected chi connectivity index (χ0v) is 18.3. The van der Waals surface area contributed by atoms with Gasteiger partial charge >= 0.3 is 6.18 Å². The van der Waals surface area contributed by atoms with Crippen molar-refractivity contribution in [2.45, 2.75) is 50.9 Å². The number of nitrogens with zero attached hydrogens (tertiary/aromatic N) is 2. The Hall–Kier alpha value is -1.80. The molecule has 2 heterocycles. The van der Waals surface area contributed by atoms with Crippen molar-refractivity contribution in [3.63, 3.8) is 0 Å². The van der Waals surface area contributed by atoms with Crippen molar-refractivity contribution in [2.75, 3.05) is 26.2 Å². The number of hydrogen-bond acceptors (Lipinski definition) is 3. The molecule has 0 aliphatic carbocycles. The summed E-state index contributed by atoms with van der Waals surface area (Å²) in [6.45, 7) is 7.73.